The molecule has 7 atom stereocenters. The van der Waals surface area contributed by atoms with Crippen LogP contribution >= 0.6 is 0 Å². The van der Waals surface area contributed by atoms with E-state index in [-0.39, 0.29) is 48.0 Å². The Morgan fingerprint density at radius 1 is 1.23 bits per heavy atom. The van der Waals surface area contributed by atoms with Gasteiger partial charge in [-0.15, -0.1) is 0 Å². The van der Waals surface area contributed by atoms with Gasteiger partial charge < -0.3 is 23.4 Å². The summed E-state index contributed by atoms with van der Waals surface area (Å²) in [6, 6.07) is 1.95. The molecule has 0 saturated carbocycles. The number of epoxide rings is 1. The Morgan fingerprint density at radius 2 is 2.15 bits per heavy atom. The third-order valence-electron chi connectivity index (χ3n) is 6.82. The summed E-state index contributed by atoms with van der Waals surface area (Å²) >= 11 is 0. The van der Waals surface area contributed by atoms with E-state index in [1.165, 1.54) is 0 Å². The van der Waals surface area contributed by atoms with Crippen LogP contribution in [0.3, 0.4) is 0 Å². The highest BCUT2D eigenvalue weighted by molar-refractivity contribution is 5.92. The number of cyclic esters (lactones) is 1. The van der Waals surface area contributed by atoms with Crippen LogP contribution in [0.5, 0.6) is 0 Å². The summed E-state index contributed by atoms with van der Waals surface area (Å²) < 4.78 is 29.2. The predicted molar refractivity (Wildman–Crippen MR) is 87.8 cm³/mol. The number of rotatable bonds is 1. The van der Waals surface area contributed by atoms with E-state index in [1.54, 1.807) is 12.5 Å². The van der Waals surface area contributed by atoms with Gasteiger partial charge in [0.05, 0.1) is 36.3 Å². The summed E-state index contributed by atoms with van der Waals surface area (Å²) in [6.45, 7) is 2.55. The van der Waals surface area contributed by atoms with Crippen molar-refractivity contribution in [3.63, 3.8) is 0 Å². The standard InChI is InChI=1S/C20H20O6/c1-10-15-6-13-11(9-23-18(13)21)2-3-14-17(24-14)20(10)7-16(26-19(20)25-15)12-4-5-22-8-12/h2-5,8,10,14-17,19H,6-7,9H2,1H3/b3-2+/t10-,14-,15-,16-,17+,19-,20-/m1/s1. The summed E-state index contributed by atoms with van der Waals surface area (Å²) in [5.74, 6) is -0.00867. The smallest absolute Gasteiger partial charge is 0.334 e. The number of fused-ring (bicyclic) bond motifs is 2. The van der Waals surface area contributed by atoms with Crippen LogP contribution in [0.15, 0.2) is 46.3 Å². The van der Waals surface area contributed by atoms with Gasteiger partial charge in [0.1, 0.15) is 12.7 Å². The van der Waals surface area contributed by atoms with Crippen molar-refractivity contribution in [1.29, 1.82) is 0 Å². The highest BCUT2D eigenvalue weighted by Gasteiger charge is 2.70. The van der Waals surface area contributed by atoms with Gasteiger partial charge in [-0.2, -0.15) is 0 Å². The topological polar surface area (TPSA) is 70.4 Å². The number of hydrogen-bond acceptors (Lipinski definition) is 6. The first-order valence-electron chi connectivity index (χ1n) is 9.22. The summed E-state index contributed by atoms with van der Waals surface area (Å²) in [4.78, 5) is 12.2. The van der Waals surface area contributed by atoms with Crippen LogP contribution in [-0.2, 0) is 23.7 Å². The second-order valence-corrected chi connectivity index (χ2v) is 7.96. The Kier molecular flexibility index (Phi) is 2.98. The lowest BCUT2D eigenvalue weighted by molar-refractivity contribution is -0.155. The molecule has 6 heteroatoms. The van der Waals surface area contributed by atoms with E-state index in [4.69, 9.17) is 23.4 Å². The van der Waals surface area contributed by atoms with Crippen LogP contribution < -0.4 is 0 Å². The van der Waals surface area contributed by atoms with Crippen molar-refractivity contribution in [3.05, 3.63) is 47.5 Å². The lowest BCUT2D eigenvalue weighted by atomic mass is 9.68. The molecule has 1 spiro atoms. The molecular weight excluding hydrogens is 336 g/mol. The van der Waals surface area contributed by atoms with E-state index in [0.29, 0.717) is 13.0 Å². The van der Waals surface area contributed by atoms with E-state index in [9.17, 15) is 4.79 Å². The summed E-state index contributed by atoms with van der Waals surface area (Å²) in [7, 11) is 0. The van der Waals surface area contributed by atoms with Crippen LogP contribution in [0.1, 0.15) is 31.4 Å². The van der Waals surface area contributed by atoms with E-state index in [2.05, 4.69) is 13.0 Å². The van der Waals surface area contributed by atoms with Crippen LogP contribution in [0.4, 0.5) is 0 Å². The Balaban J connectivity index is 1.39. The van der Waals surface area contributed by atoms with Crippen molar-refractivity contribution in [2.45, 2.75) is 50.5 Å². The molecule has 0 aromatic carbocycles. The van der Waals surface area contributed by atoms with Crippen molar-refractivity contribution >= 4 is 5.97 Å². The van der Waals surface area contributed by atoms with Gasteiger partial charge >= 0.3 is 5.97 Å². The largest absolute Gasteiger partial charge is 0.472 e. The molecule has 6 nitrogen and oxygen atoms in total. The zero-order chi connectivity index (χ0) is 17.5. The van der Waals surface area contributed by atoms with E-state index in [1.807, 2.05) is 12.1 Å². The van der Waals surface area contributed by atoms with Gasteiger partial charge in [0.15, 0.2) is 6.29 Å². The highest BCUT2D eigenvalue weighted by Crippen LogP contribution is 2.63. The monoisotopic (exact) mass is 356 g/mol. The van der Waals surface area contributed by atoms with Crippen molar-refractivity contribution in [2.24, 2.45) is 11.3 Å². The fourth-order valence-electron chi connectivity index (χ4n) is 5.24. The quantitative estimate of drug-likeness (QED) is 0.569. The fraction of sp³-hybridized carbons (Fsp3) is 0.550. The molecule has 0 radical (unpaired) electrons. The summed E-state index contributed by atoms with van der Waals surface area (Å²) in [5, 5.41) is 0. The average Bonchev–Trinajstić information content (AvgIpc) is 3.00. The molecule has 3 fully saturated rings. The highest BCUT2D eigenvalue weighted by atomic mass is 16.7. The molecule has 2 bridgehead atoms. The fourth-order valence-corrected chi connectivity index (χ4v) is 5.24. The third kappa shape index (κ3) is 1.89. The molecular formula is C20H20O6. The summed E-state index contributed by atoms with van der Waals surface area (Å²) in [5.41, 5.74) is 2.52. The van der Waals surface area contributed by atoms with Crippen molar-refractivity contribution in [3.8, 4) is 0 Å². The molecule has 0 unspecified atom stereocenters. The Morgan fingerprint density at radius 3 is 3.00 bits per heavy atom. The molecule has 1 aromatic heterocycles. The second-order valence-electron chi connectivity index (χ2n) is 7.96. The van der Waals surface area contributed by atoms with Crippen molar-refractivity contribution in [2.75, 3.05) is 6.61 Å². The van der Waals surface area contributed by atoms with Gasteiger partial charge in [-0.1, -0.05) is 19.1 Å². The first-order chi connectivity index (χ1) is 12.7. The molecule has 26 heavy (non-hydrogen) atoms. The molecule has 0 amide bonds. The van der Waals surface area contributed by atoms with Crippen LogP contribution in [0.2, 0.25) is 0 Å². The zero-order valence-electron chi connectivity index (χ0n) is 14.4. The van der Waals surface area contributed by atoms with Gasteiger partial charge in [-0.25, -0.2) is 4.79 Å². The number of ether oxygens (including phenoxy) is 4. The van der Waals surface area contributed by atoms with Gasteiger partial charge in [0.2, 0.25) is 0 Å². The first-order valence-corrected chi connectivity index (χ1v) is 9.22. The number of hydrogen-bond donors (Lipinski definition) is 0. The normalized spacial score (nSPS) is 47.2. The first kappa shape index (κ1) is 15.2. The number of carbonyl (C=O) groups excluding carboxylic acids is 1. The average molecular weight is 356 g/mol. The number of esters is 1. The molecule has 5 aliphatic rings. The number of furan rings is 1. The van der Waals surface area contributed by atoms with Crippen molar-refractivity contribution < 1.29 is 28.2 Å². The molecule has 136 valence electrons. The van der Waals surface area contributed by atoms with Gasteiger partial charge in [-0.05, 0) is 24.0 Å². The second kappa shape index (κ2) is 5.09. The lowest BCUT2D eigenvalue weighted by Gasteiger charge is -2.30. The maximum atomic E-state index is 12.2. The van der Waals surface area contributed by atoms with Crippen LogP contribution in [0, 0.1) is 11.3 Å². The Hall–Kier alpha value is -1.89. The predicted octanol–water partition coefficient (Wildman–Crippen LogP) is 2.67. The van der Waals surface area contributed by atoms with Crippen LogP contribution in [-0.4, -0.2) is 37.2 Å². The minimum absolute atomic E-state index is 0.0385. The van der Waals surface area contributed by atoms with E-state index < -0.39 is 0 Å². The van der Waals surface area contributed by atoms with Gasteiger partial charge in [-0.3, -0.25) is 0 Å². The minimum atomic E-state index is -0.328. The lowest BCUT2D eigenvalue weighted by Crippen LogP contribution is -2.39. The molecule has 1 aliphatic carbocycles. The van der Waals surface area contributed by atoms with Crippen molar-refractivity contribution in [1.82, 2.24) is 0 Å². The van der Waals surface area contributed by atoms with Gasteiger partial charge in [0, 0.05) is 17.6 Å². The maximum Gasteiger partial charge on any atom is 0.334 e. The van der Waals surface area contributed by atoms with E-state index in [0.717, 1.165) is 23.1 Å². The van der Waals surface area contributed by atoms with Crippen LogP contribution in [0.25, 0.3) is 0 Å². The Labute approximate surface area is 150 Å². The molecule has 4 aliphatic heterocycles. The molecule has 1 aromatic rings. The molecule has 5 heterocycles. The summed E-state index contributed by atoms with van der Waals surface area (Å²) in [6.07, 6.45) is 8.53. The zero-order valence-corrected chi connectivity index (χ0v) is 14.4. The minimum Gasteiger partial charge on any atom is -0.472 e. The molecule has 3 saturated heterocycles. The maximum absolute atomic E-state index is 12.2. The van der Waals surface area contributed by atoms with Gasteiger partial charge in [0.25, 0.3) is 0 Å². The Bertz CT molecular complexity index is 823. The third-order valence-corrected chi connectivity index (χ3v) is 6.82. The van der Waals surface area contributed by atoms with E-state index >= 15 is 0 Å². The number of carbonyl (C=O) groups is 1. The molecule has 6 rings (SSSR count). The molecule has 0 N–H and O–H groups in total. The SMILES string of the molecule is C[C@@H]1[C@H]2CC3=C(/C=C/[C@H]4O[C@@H]4[C@@]14C[C@H](c1ccoc1)O[C@H]4O2)COC3=O.